The zero-order valence-corrected chi connectivity index (χ0v) is 26.1. The number of imidazole rings is 1. The van der Waals surface area contributed by atoms with E-state index in [9.17, 15) is 31.5 Å². The summed E-state index contributed by atoms with van der Waals surface area (Å²) >= 11 is 12.4. The monoisotopic (exact) mass is 681 g/mol. The summed E-state index contributed by atoms with van der Waals surface area (Å²) in [5.74, 6) is -1.17. The number of hydrogen-bond donors (Lipinski definition) is 2. The minimum Gasteiger partial charge on any atom is -0.477 e. The first kappa shape index (κ1) is 32.8. The number of aliphatic carboxylic acids is 1. The van der Waals surface area contributed by atoms with E-state index in [4.69, 9.17) is 27.9 Å². The van der Waals surface area contributed by atoms with Gasteiger partial charge in [0.25, 0.3) is 5.72 Å². The Balaban J connectivity index is 1.35. The van der Waals surface area contributed by atoms with Crippen molar-refractivity contribution in [1.29, 1.82) is 0 Å². The predicted octanol–water partition coefficient (Wildman–Crippen LogP) is 8.09. The summed E-state index contributed by atoms with van der Waals surface area (Å²) in [5.41, 5.74) is -4.30. The van der Waals surface area contributed by atoms with Gasteiger partial charge in [-0.1, -0.05) is 66.5 Å². The molecule has 1 aliphatic rings. The Morgan fingerprint density at radius 3 is 2.29 bits per heavy atom. The van der Waals surface area contributed by atoms with Crippen LogP contribution in [0.15, 0.2) is 72.9 Å². The number of rotatable bonds is 9. The molecule has 0 spiro atoms. The molecule has 1 unspecified atom stereocenters. The number of carbonyl (C=O) groups is 1. The van der Waals surface area contributed by atoms with Gasteiger partial charge in [0.05, 0.1) is 16.9 Å². The third-order valence-electron chi connectivity index (χ3n) is 7.79. The third-order valence-corrected chi connectivity index (χ3v) is 9.98. The van der Waals surface area contributed by atoms with Crippen LogP contribution in [0.2, 0.25) is 10.0 Å². The minimum absolute atomic E-state index is 0.0340. The standard InChI is InChI=1S/C31H28Cl2F3N3O5S/c1-2-24(28-37-18-27(38-28)25-14-11-22(32)17-26(25)33)21-7-5-19(6-8-21)20-9-12-23(13-10-20)44-30(29(40)41)15-3-4-16-39(30)45(42,43)31(34,35)36/h5-14,17-18,24H,2-4,15-16H2,1H3,(H,37,38)(H,40,41)/t24?,30-/m0/s1. The van der Waals surface area contributed by atoms with Gasteiger partial charge in [-0.3, -0.25) is 0 Å². The van der Waals surface area contributed by atoms with E-state index in [1.54, 1.807) is 30.5 Å². The number of alkyl halides is 3. The van der Waals surface area contributed by atoms with E-state index in [1.165, 1.54) is 12.1 Å². The molecule has 1 fully saturated rings. The lowest BCUT2D eigenvalue weighted by molar-refractivity contribution is -0.173. The Morgan fingerprint density at radius 1 is 1.07 bits per heavy atom. The minimum atomic E-state index is -5.96. The van der Waals surface area contributed by atoms with Crippen molar-refractivity contribution >= 4 is 39.2 Å². The molecule has 0 saturated carbocycles. The van der Waals surface area contributed by atoms with Gasteiger partial charge in [0, 0.05) is 29.5 Å². The highest BCUT2D eigenvalue weighted by Crippen LogP contribution is 2.40. The summed E-state index contributed by atoms with van der Waals surface area (Å²) in [6.45, 7) is 1.41. The Morgan fingerprint density at radius 2 is 1.71 bits per heavy atom. The fourth-order valence-corrected chi connectivity index (χ4v) is 7.21. The fourth-order valence-electron chi connectivity index (χ4n) is 5.49. The van der Waals surface area contributed by atoms with E-state index in [-0.39, 0.29) is 28.8 Å². The molecule has 8 nitrogen and oxygen atoms in total. The Bertz CT molecular complexity index is 1800. The first-order valence-corrected chi connectivity index (χ1v) is 16.2. The number of aromatic nitrogens is 2. The van der Waals surface area contributed by atoms with Gasteiger partial charge >= 0.3 is 21.5 Å². The number of aromatic amines is 1. The molecule has 1 aliphatic heterocycles. The number of piperidine rings is 1. The lowest BCUT2D eigenvalue weighted by Crippen LogP contribution is -2.64. The molecule has 5 rings (SSSR count). The van der Waals surface area contributed by atoms with E-state index < -0.39 is 40.2 Å². The maximum atomic E-state index is 13.4. The smallest absolute Gasteiger partial charge is 0.477 e. The van der Waals surface area contributed by atoms with E-state index in [1.807, 2.05) is 37.3 Å². The van der Waals surface area contributed by atoms with Crippen LogP contribution >= 0.6 is 23.2 Å². The summed E-state index contributed by atoms with van der Waals surface area (Å²) in [4.78, 5) is 20.2. The highest BCUT2D eigenvalue weighted by molar-refractivity contribution is 7.90. The van der Waals surface area contributed by atoms with Crippen LogP contribution < -0.4 is 4.74 Å². The first-order chi connectivity index (χ1) is 21.3. The Kier molecular flexibility index (Phi) is 9.23. The van der Waals surface area contributed by atoms with Crippen LogP contribution in [-0.2, 0) is 14.8 Å². The van der Waals surface area contributed by atoms with Crippen molar-refractivity contribution in [1.82, 2.24) is 14.3 Å². The van der Waals surface area contributed by atoms with Gasteiger partial charge in [0.1, 0.15) is 11.6 Å². The number of ether oxygens (including phenoxy) is 1. The largest absolute Gasteiger partial charge is 0.511 e. The van der Waals surface area contributed by atoms with Gasteiger partial charge < -0.3 is 14.8 Å². The van der Waals surface area contributed by atoms with E-state index in [2.05, 4.69) is 9.97 Å². The summed E-state index contributed by atoms with van der Waals surface area (Å²) < 4.78 is 70.3. The zero-order valence-electron chi connectivity index (χ0n) is 23.8. The fraction of sp³-hybridized carbons (Fsp3) is 0.290. The molecular weight excluding hydrogens is 654 g/mol. The average molecular weight is 683 g/mol. The van der Waals surface area contributed by atoms with Crippen molar-refractivity contribution in [3.63, 3.8) is 0 Å². The van der Waals surface area contributed by atoms with Crippen molar-refractivity contribution in [2.75, 3.05) is 6.54 Å². The summed E-state index contributed by atoms with van der Waals surface area (Å²) in [7, 11) is -5.96. The zero-order chi connectivity index (χ0) is 32.6. The van der Waals surface area contributed by atoms with Crippen molar-refractivity contribution in [2.24, 2.45) is 0 Å². The molecule has 4 aromatic rings. The molecule has 1 saturated heterocycles. The van der Waals surface area contributed by atoms with Crippen LogP contribution in [0.3, 0.4) is 0 Å². The van der Waals surface area contributed by atoms with Crippen LogP contribution in [0, 0.1) is 0 Å². The highest BCUT2D eigenvalue weighted by atomic mass is 35.5. The molecule has 0 aliphatic carbocycles. The van der Waals surface area contributed by atoms with Crippen molar-refractivity contribution in [3.8, 4) is 28.1 Å². The highest BCUT2D eigenvalue weighted by Gasteiger charge is 2.61. The van der Waals surface area contributed by atoms with E-state index >= 15 is 0 Å². The number of benzene rings is 3. The van der Waals surface area contributed by atoms with Crippen LogP contribution in [0.1, 0.15) is 49.9 Å². The quantitative estimate of drug-likeness (QED) is 0.185. The van der Waals surface area contributed by atoms with Crippen molar-refractivity contribution in [2.45, 2.75) is 49.8 Å². The molecule has 45 heavy (non-hydrogen) atoms. The maximum absolute atomic E-state index is 13.4. The topological polar surface area (TPSA) is 113 Å². The molecule has 238 valence electrons. The normalized spacial score (nSPS) is 18.4. The number of hydrogen-bond acceptors (Lipinski definition) is 5. The molecule has 1 aromatic heterocycles. The second kappa shape index (κ2) is 12.7. The number of sulfonamides is 1. The molecule has 3 aromatic carbocycles. The molecule has 2 N–H and O–H groups in total. The molecule has 2 heterocycles. The van der Waals surface area contributed by atoms with Gasteiger partial charge in [0.2, 0.25) is 0 Å². The first-order valence-electron chi connectivity index (χ1n) is 14.0. The Hall–Kier alpha value is -3.58. The van der Waals surface area contributed by atoms with Crippen molar-refractivity contribution in [3.05, 3.63) is 94.4 Å². The van der Waals surface area contributed by atoms with Crippen LogP contribution in [0.5, 0.6) is 5.75 Å². The van der Waals surface area contributed by atoms with Gasteiger partial charge in [-0.2, -0.15) is 13.2 Å². The van der Waals surface area contributed by atoms with Gasteiger partial charge in [-0.25, -0.2) is 18.2 Å². The lowest BCUT2D eigenvalue weighted by atomic mass is 9.93. The molecule has 0 radical (unpaired) electrons. The van der Waals surface area contributed by atoms with Crippen LogP contribution in [-0.4, -0.2) is 51.5 Å². The number of carboxylic acids is 1. The predicted molar refractivity (Wildman–Crippen MR) is 165 cm³/mol. The molecule has 0 bridgehead atoms. The number of nitrogens with zero attached hydrogens (tertiary/aromatic N) is 2. The van der Waals surface area contributed by atoms with Crippen molar-refractivity contribution < 1.29 is 36.2 Å². The number of carboxylic acid groups (broad SMARTS) is 1. The second-order valence-corrected chi connectivity index (χ2v) is 13.3. The molecular formula is C31H28Cl2F3N3O5S. The summed E-state index contributed by atoms with van der Waals surface area (Å²) in [6, 6.07) is 19.0. The van der Waals surface area contributed by atoms with Crippen LogP contribution in [0.25, 0.3) is 22.4 Å². The summed E-state index contributed by atoms with van der Waals surface area (Å²) in [5, 5.41) is 11.0. The number of halogens is 5. The van der Waals surface area contributed by atoms with Gasteiger partial charge in [0.15, 0.2) is 0 Å². The number of nitrogens with one attached hydrogen (secondary N) is 1. The average Bonchev–Trinajstić information content (AvgIpc) is 3.47. The molecule has 0 amide bonds. The Labute approximate surface area is 267 Å². The summed E-state index contributed by atoms with van der Waals surface area (Å²) in [6.07, 6.45) is 2.29. The lowest BCUT2D eigenvalue weighted by Gasteiger charge is -2.42. The van der Waals surface area contributed by atoms with Gasteiger partial charge in [-0.05, 0) is 66.3 Å². The van der Waals surface area contributed by atoms with E-state index in [0.717, 1.165) is 40.2 Å². The maximum Gasteiger partial charge on any atom is 0.511 e. The molecule has 2 atom stereocenters. The molecule has 14 heteroatoms. The SMILES string of the molecule is CCC(c1ccc(-c2ccc(O[C@]3(C(=O)O)CCCCN3S(=O)(=O)C(F)(F)F)cc2)cc1)c1ncc(-c2ccc(Cl)cc2Cl)[nH]1. The van der Waals surface area contributed by atoms with Crippen LogP contribution in [0.4, 0.5) is 13.2 Å². The third kappa shape index (κ3) is 6.42. The second-order valence-electron chi connectivity index (χ2n) is 10.6. The van der Waals surface area contributed by atoms with Gasteiger partial charge in [-0.15, -0.1) is 4.31 Å². The number of H-pyrrole nitrogens is 1. The van der Waals surface area contributed by atoms with E-state index in [0.29, 0.717) is 10.0 Å².